The molecule has 2 aromatic carbocycles. The van der Waals surface area contributed by atoms with Gasteiger partial charge in [0.2, 0.25) is 11.8 Å². The second kappa shape index (κ2) is 9.34. The van der Waals surface area contributed by atoms with E-state index in [0.29, 0.717) is 17.2 Å². The molecule has 30 heavy (non-hydrogen) atoms. The Morgan fingerprint density at radius 3 is 2.43 bits per heavy atom. The minimum atomic E-state index is -0.426. The summed E-state index contributed by atoms with van der Waals surface area (Å²) in [6, 6.07) is 18.1. The van der Waals surface area contributed by atoms with Crippen LogP contribution in [0.2, 0.25) is 0 Å². The molecule has 3 aromatic rings. The molecule has 1 aliphatic carbocycles. The molecule has 0 saturated heterocycles. The standard InChI is InChI=1S/C23H26N4O2S/c1-3-27(4-2)19-14-10-17(11-15-19)22-25-26-23(29-22)30-20(16-8-6-5-7-9-16)21(28)24-18-12-13-18/h5-11,14-15,18,20H,3-4,12-13H2,1-2H3,(H,24,28)/t20-/m0/s1. The smallest absolute Gasteiger partial charge is 0.277 e. The van der Waals surface area contributed by atoms with E-state index in [2.05, 4.69) is 46.4 Å². The summed E-state index contributed by atoms with van der Waals surface area (Å²) < 4.78 is 5.89. The average Bonchev–Trinajstić information content (AvgIpc) is 3.47. The monoisotopic (exact) mass is 422 g/mol. The second-order valence-corrected chi connectivity index (χ2v) is 8.34. The highest BCUT2D eigenvalue weighted by Crippen LogP contribution is 2.37. The molecule has 0 bridgehead atoms. The lowest BCUT2D eigenvalue weighted by Gasteiger charge is -2.20. The first-order valence-electron chi connectivity index (χ1n) is 10.4. The van der Waals surface area contributed by atoms with Gasteiger partial charge in [0.05, 0.1) is 0 Å². The molecule has 1 aliphatic rings. The van der Waals surface area contributed by atoms with Crippen LogP contribution < -0.4 is 10.2 Å². The number of nitrogens with one attached hydrogen (secondary N) is 1. The summed E-state index contributed by atoms with van der Waals surface area (Å²) in [5.41, 5.74) is 2.95. The molecule has 1 atom stereocenters. The van der Waals surface area contributed by atoms with Gasteiger partial charge in [0.15, 0.2) is 0 Å². The summed E-state index contributed by atoms with van der Waals surface area (Å²) in [6.45, 7) is 6.20. The van der Waals surface area contributed by atoms with Gasteiger partial charge in [-0.2, -0.15) is 0 Å². The fraction of sp³-hybridized carbons (Fsp3) is 0.348. The highest BCUT2D eigenvalue weighted by atomic mass is 32.2. The lowest BCUT2D eigenvalue weighted by Crippen LogP contribution is -2.29. The van der Waals surface area contributed by atoms with Gasteiger partial charge in [-0.15, -0.1) is 10.2 Å². The fourth-order valence-electron chi connectivity index (χ4n) is 3.28. The van der Waals surface area contributed by atoms with Crippen LogP contribution in [0.15, 0.2) is 64.2 Å². The molecule has 0 spiro atoms. The van der Waals surface area contributed by atoms with E-state index in [9.17, 15) is 4.79 Å². The topological polar surface area (TPSA) is 71.3 Å². The van der Waals surface area contributed by atoms with Crippen LogP contribution in [-0.4, -0.2) is 35.2 Å². The van der Waals surface area contributed by atoms with Gasteiger partial charge in [0.1, 0.15) is 5.25 Å². The molecule has 6 nitrogen and oxygen atoms in total. The Bertz CT molecular complexity index is 966. The third-order valence-electron chi connectivity index (χ3n) is 5.13. The number of hydrogen-bond donors (Lipinski definition) is 1. The maximum absolute atomic E-state index is 12.8. The quantitative estimate of drug-likeness (QED) is 0.504. The first kappa shape index (κ1) is 20.5. The van der Waals surface area contributed by atoms with Crippen molar-refractivity contribution in [3.8, 4) is 11.5 Å². The third-order valence-corrected chi connectivity index (χ3v) is 6.22. The Morgan fingerprint density at radius 2 is 1.80 bits per heavy atom. The molecule has 7 heteroatoms. The second-order valence-electron chi connectivity index (χ2n) is 7.28. The van der Waals surface area contributed by atoms with Crippen molar-refractivity contribution in [2.24, 2.45) is 0 Å². The summed E-state index contributed by atoms with van der Waals surface area (Å²) in [7, 11) is 0. The number of carbonyl (C=O) groups excluding carboxylic acids is 1. The Morgan fingerprint density at radius 1 is 1.10 bits per heavy atom. The Balaban J connectivity index is 1.51. The van der Waals surface area contributed by atoms with Gasteiger partial charge in [0.25, 0.3) is 5.22 Å². The van der Waals surface area contributed by atoms with Crippen LogP contribution in [0, 0.1) is 0 Å². The van der Waals surface area contributed by atoms with Crippen molar-refractivity contribution in [3.63, 3.8) is 0 Å². The number of rotatable bonds is 9. The number of nitrogens with zero attached hydrogens (tertiary/aromatic N) is 3. The van der Waals surface area contributed by atoms with E-state index >= 15 is 0 Å². The van der Waals surface area contributed by atoms with Crippen LogP contribution in [0.5, 0.6) is 0 Å². The van der Waals surface area contributed by atoms with Crippen LogP contribution in [-0.2, 0) is 4.79 Å². The van der Waals surface area contributed by atoms with E-state index in [-0.39, 0.29) is 5.91 Å². The van der Waals surface area contributed by atoms with Crippen molar-refractivity contribution >= 4 is 23.4 Å². The molecular weight excluding hydrogens is 396 g/mol. The Kier molecular flexibility index (Phi) is 6.38. The molecule has 1 N–H and O–H groups in total. The molecular formula is C23H26N4O2S. The van der Waals surface area contributed by atoms with Crippen LogP contribution in [0.25, 0.3) is 11.5 Å². The van der Waals surface area contributed by atoms with Gasteiger partial charge in [-0.3, -0.25) is 4.79 Å². The zero-order valence-electron chi connectivity index (χ0n) is 17.2. The molecule has 1 saturated carbocycles. The van der Waals surface area contributed by atoms with Gasteiger partial charge in [-0.1, -0.05) is 30.3 Å². The fourth-order valence-corrected chi connectivity index (χ4v) is 4.17. The van der Waals surface area contributed by atoms with Crippen molar-refractivity contribution in [3.05, 3.63) is 60.2 Å². The molecule has 1 fully saturated rings. The number of anilines is 1. The van der Waals surface area contributed by atoms with Gasteiger partial charge in [-0.05, 0) is 68.3 Å². The SMILES string of the molecule is CCN(CC)c1ccc(-c2nnc(S[C@H](C(=O)NC3CC3)c3ccccc3)o2)cc1. The molecule has 0 aliphatic heterocycles. The summed E-state index contributed by atoms with van der Waals surface area (Å²) in [6.07, 6.45) is 2.10. The van der Waals surface area contributed by atoms with Crippen LogP contribution in [0.4, 0.5) is 5.69 Å². The van der Waals surface area contributed by atoms with Crippen molar-refractivity contribution in [2.45, 2.75) is 43.2 Å². The summed E-state index contributed by atoms with van der Waals surface area (Å²) >= 11 is 1.29. The van der Waals surface area contributed by atoms with Gasteiger partial charge in [0, 0.05) is 30.4 Å². The van der Waals surface area contributed by atoms with Gasteiger partial charge in [-0.25, -0.2) is 0 Å². The average molecular weight is 423 g/mol. The molecule has 0 unspecified atom stereocenters. The highest BCUT2D eigenvalue weighted by Gasteiger charge is 2.30. The number of hydrogen-bond acceptors (Lipinski definition) is 6. The first-order chi connectivity index (χ1) is 14.7. The van der Waals surface area contributed by atoms with Crippen molar-refractivity contribution in [1.29, 1.82) is 0 Å². The zero-order chi connectivity index (χ0) is 20.9. The van der Waals surface area contributed by atoms with Crippen molar-refractivity contribution < 1.29 is 9.21 Å². The van der Waals surface area contributed by atoms with Crippen LogP contribution in [0.3, 0.4) is 0 Å². The van der Waals surface area contributed by atoms with E-state index in [1.807, 2.05) is 42.5 Å². The zero-order valence-corrected chi connectivity index (χ0v) is 18.1. The first-order valence-corrected chi connectivity index (χ1v) is 11.3. The molecule has 1 heterocycles. The van der Waals surface area contributed by atoms with Crippen LogP contribution >= 0.6 is 11.8 Å². The Labute approximate surface area is 181 Å². The minimum absolute atomic E-state index is 0.0166. The number of amides is 1. The third kappa shape index (κ3) is 4.84. The number of thioether (sulfide) groups is 1. The van der Waals surface area contributed by atoms with Crippen molar-refractivity contribution in [2.75, 3.05) is 18.0 Å². The number of aromatic nitrogens is 2. The molecule has 1 amide bonds. The summed E-state index contributed by atoms with van der Waals surface area (Å²) in [5.74, 6) is 0.440. The molecule has 4 rings (SSSR count). The Hall–Kier alpha value is -2.80. The molecule has 0 radical (unpaired) electrons. The van der Waals surface area contributed by atoms with Crippen molar-refractivity contribution in [1.82, 2.24) is 15.5 Å². The van der Waals surface area contributed by atoms with E-state index in [1.165, 1.54) is 17.4 Å². The van der Waals surface area contributed by atoms with Gasteiger partial charge < -0.3 is 14.6 Å². The largest absolute Gasteiger partial charge is 0.411 e. The summed E-state index contributed by atoms with van der Waals surface area (Å²) in [4.78, 5) is 15.1. The van der Waals surface area contributed by atoms with Gasteiger partial charge >= 0.3 is 0 Å². The molecule has 1 aromatic heterocycles. The molecule has 156 valence electrons. The predicted molar refractivity (Wildman–Crippen MR) is 119 cm³/mol. The number of benzene rings is 2. The summed E-state index contributed by atoms with van der Waals surface area (Å²) in [5, 5.41) is 11.4. The maximum atomic E-state index is 12.8. The highest BCUT2D eigenvalue weighted by molar-refractivity contribution is 8.00. The predicted octanol–water partition coefficient (Wildman–Crippen LogP) is 4.69. The van der Waals surface area contributed by atoms with Crippen LogP contribution in [0.1, 0.15) is 37.5 Å². The van der Waals surface area contributed by atoms with E-state index < -0.39 is 5.25 Å². The minimum Gasteiger partial charge on any atom is -0.411 e. The lowest BCUT2D eigenvalue weighted by molar-refractivity contribution is -0.120. The maximum Gasteiger partial charge on any atom is 0.277 e. The lowest BCUT2D eigenvalue weighted by atomic mass is 10.1. The van der Waals surface area contributed by atoms with E-state index in [0.717, 1.165) is 37.1 Å². The normalized spacial score (nSPS) is 14.3. The van der Waals surface area contributed by atoms with E-state index in [4.69, 9.17) is 4.42 Å². The van der Waals surface area contributed by atoms with E-state index in [1.54, 1.807) is 0 Å². The number of carbonyl (C=O) groups is 1.